The Morgan fingerprint density at radius 3 is 2.40 bits per heavy atom. The Balaban J connectivity index is 2.08. The summed E-state index contributed by atoms with van der Waals surface area (Å²) in [6, 6.07) is 9.74. The van der Waals surface area contributed by atoms with Gasteiger partial charge in [0, 0.05) is 31.4 Å². The number of aromatic amines is 1. The predicted octanol–water partition coefficient (Wildman–Crippen LogP) is 3.57. The van der Waals surface area contributed by atoms with Crippen LogP contribution >= 0.6 is 0 Å². The Morgan fingerprint density at radius 1 is 1.05 bits per heavy atom. The first-order chi connectivity index (χ1) is 9.54. The standard InChI is InChI=1S/C15H13F2N3/c1-20(2)11-5-3-9(4-6-11)15-18-13-8-10(16)7-12(17)14(13)19-15/h3-8H,1-2H3,(H,18,19). The average molecular weight is 273 g/mol. The highest BCUT2D eigenvalue weighted by Gasteiger charge is 2.11. The molecule has 0 saturated carbocycles. The van der Waals surface area contributed by atoms with Crippen molar-refractivity contribution < 1.29 is 8.78 Å². The van der Waals surface area contributed by atoms with Gasteiger partial charge in [-0.2, -0.15) is 0 Å². The summed E-state index contributed by atoms with van der Waals surface area (Å²) in [4.78, 5) is 9.11. The fourth-order valence-corrected chi connectivity index (χ4v) is 2.10. The molecular weight excluding hydrogens is 260 g/mol. The third-order valence-electron chi connectivity index (χ3n) is 3.16. The van der Waals surface area contributed by atoms with Gasteiger partial charge in [-0.15, -0.1) is 0 Å². The minimum Gasteiger partial charge on any atom is -0.378 e. The number of aromatic nitrogens is 2. The van der Waals surface area contributed by atoms with Crippen molar-refractivity contribution in [1.29, 1.82) is 0 Å². The van der Waals surface area contributed by atoms with Gasteiger partial charge in [0.05, 0.1) is 5.52 Å². The van der Waals surface area contributed by atoms with Crippen molar-refractivity contribution in [2.75, 3.05) is 19.0 Å². The zero-order valence-corrected chi connectivity index (χ0v) is 11.1. The summed E-state index contributed by atoms with van der Waals surface area (Å²) in [6.07, 6.45) is 0. The SMILES string of the molecule is CN(C)c1ccc(-c2nc3c(F)cc(F)cc3[nH]2)cc1. The number of nitrogens with zero attached hydrogens (tertiary/aromatic N) is 2. The molecule has 1 N–H and O–H groups in total. The van der Waals surface area contributed by atoms with E-state index < -0.39 is 11.6 Å². The van der Waals surface area contributed by atoms with Gasteiger partial charge in [-0.3, -0.25) is 0 Å². The summed E-state index contributed by atoms with van der Waals surface area (Å²) in [5, 5.41) is 0. The highest BCUT2D eigenvalue weighted by Crippen LogP contribution is 2.24. The van der Waals surface area contributed by atoms with Gasteiger partial charge in [-0.1, -0.05) is 0 Å². The predicted molar refractivity (Wildman–Crippen MR) is 75.8 cm³/mol. The first-order valence-corrected chi connectivity index (χ1v) is 6.17. The fraction of sp³-hybridized carbons (Fsp3) is 0.133. The van der Waals surface area contributed by atoms with Crippen molar-refractivity contribution in [2.24, 2.45) is 0 Å². The number of hydrogen-bond acceptors (Lipinski definition) is 2. The van der Waals surface area contributed by atoms with E-state index in [1.807, 2.05) is 43.3 Å². The lowest BCUT2D eigenvalue weighted by Gasteiger charge is -2.11. The molecule has 3 aromatic rings. The normalized spacial score (nSPS) is 11.0. The zero-order chi connectivity index (χ0) is 14.3. The molecule has 0 saturated heterocycles. The number of benzene rings is 2. The van der Waals surface area contributed by atoms with Crippen molar-refractivity contribution in [3.8, 4) is 11.4 Å². The van der Waals surface area contributed by atoms with Gasteiger partial charge in [0.25, 0.3) is 0 Å². The van der Waals surface area contributed by atoms with Gasteiger partial charge in [0.2, 0.25) is 0 Å². The van der Waals surface area contributed by atoms with E-state index in [0.717, 1.165) is 17.3 Å². The molecule has 0 aliphatic carbocycles. The minimum absolute atomic E-state index is 0.151. The van der Waals surface area contributed by atoms with Crippen LogP contribution in [0.3, 0.4) is 0 Å². The molecule has 1 aromatic heterocycles. The molecule has 0 spiro atoms. The van der Waals surface area contributed by atoms with Gasteiger partial charge >= 0.3 is 0 Å². The van der Waals surface area contributed by atoms with Crippen LogP contribution in [0.1, 0.15) is 0 Å². The summed E-state index contributed by atoms with van der Waals surface area (Å²) in [5.41, 5.74) is 2.39. The molecule has 0 atom stereocenters. The van der Waals surface area contributed by atoms with Crippen LogP contribution in [0.15, 0.2) is 36.4 Å². The Morgan fingerprint density at radius 2 is 1.75 bits per heavy atom. The number of H-pyrrole nitrogens is 1. The summed E-state index contributed by atoms with van der Waals surface area (Å²) in [6.45, 7) is 0. The van der Waals surface area contributed by atoms with Crippen LogP contribution in [0.5, 0.6) is 0 Å². The number of nitrogens with one attached hydrogen (secondary N) is 1. The van der Waals surface area contributed by atoms with Gasteiger partial charge in [0.1, 0.15) is 17.2 Å². The molecule has 2 aromatic carbocycles. The molecule has 3 rings (SSSR count). The number of anilines is 1. The molecule has 0 aliphatic heterocycles. The molecule has 0 fully saturated rings. The van der Waals surface area contributed by atoms with E-state index in [-0.39, 0.29) is 5.52 Å². The lowest BCUT2D eigenvalue weighted by molar-refractivity contribution is 0.591. The lowest BCUT2D eigenvalue weighted by Crippen LogP contribution is -2.07. The van der Waals surface area contributed by atoms with Crippen LogP contribution in [0.25, 0.3) is 22.4 Å². The Kier molecular flexibility index (Phi) is 2.89. The van der Waals surface area contributed by atoms with Crippen LogP contribution in [0.2, 0.25) is 0 Å². The molecule has 20 heavy (non-hydrogen) atoms. The number of halogens is 2. The Hall–Kier alpha value is -2.43. The molecule has 0 aliphatic rings. The van der Waals surface area contributed by atoms with E-state index in [1.165, 1.54) is 6.07 Å². The monoisotopic (exact) mass is 273 g/mol. The Bertz CT molecular complexity index is 761. The maximum atomic E-state index is 13.6. The van der Waals surface area contributed by atoms with E-state index >= 15 is 0 Å². The third-order valence-corrected chi connectivity index (χ3v) is 3.16. The van der Waals surface area contributed by atoms with Crippen LogP contribution in [-0.4, -0.2) is 24.1 Å². The summed E-state index contributed by atoms with van der Waals surface area (Å²) in [5.74, 6) is -0.754. The molecule has 102 valence electrons. The molecule has 0 unspecified atom stereocenters. The second-order valence-electron chi connectivity index (χ2n) is 4.81. The molecule has 0 bridgehead atoms. The molecular formula is C15H13F2N3. The minimum atomic E-state index is -0.660. The smallest absolute Gasteiger partial charge is 0.153 e. The van der Waals surface area contributed by atoms with Gasteiger partial charge < -0.3 is 9.88 Å². The first-order valence-electron chi connectivity index (χ1n) is 6.17. The average Bonchev–Trinajstić information content (AvgIpc) is 2.83. The van der Waals surface area contributed by atoms with Crippen LogP contribution in [0.4, 0.5) is 14.5 Å². The number of rotatable bonds is 2. The van der Waals surface area contributed by atoms with Gasteiger partial charge in [-0.25, -0.2) is 13.8 Å². The van der Waals surface area contributed by atoms with Crippen molar-refractivity contribution in [3.05, 3.63) is 48.0 Å². The molecule has 1 heterocycles. The van der Waals surface area contributed by atoms with E-state index in [1.54, 1.807) is 0 Å². The summed E-state index contributed by atoms with van der Waals surface area (Å²) >= 11 is 0. The van der Waals surface area contributed by atoms with Crippen molar-refractivity contribution in [2.45, 2.75) is 0 Å². The largest absolute Gasteiger partial charge is 0.378 e. The van der Waals surface area contributed by atoms with Crippen LogP contribution in [0, 0.1) is 11.6 Å². The highest BCUT2D eigenvalue weighted by atomic mass is 19.1. The molecule has 5 heteroatoms. The van der Waals surface area contributed by atoms with Crippen molar-refractivity contribution in [3.63, 3.8) is 0 Å². The first kappa shape index (κ1) is 12.6. The van der Waals surface area contributed by atoms with E-state index in [0.29, 0.717) is 11.3 Å². The number of fused-ring (bicyclic) bond motifs is 1. The second kappa shape index (κ2) is 4.59. The fourth-order valence-electron chi connectivity index (χ4n) is 2.10. The van der Waals surface area contributed by atoms with Crippen molar-refractivity contribution >= 4 is 16.7 Å². The lowest BCUT2D eigenvalue weighted by atomic mass is 10.2. The molecule has 0 radical (unpaired) electrons. The maximum Gasteiger partial charge on any atom is 0.153 e. The van der Waals surface area contributed by atoms with Gasteiger partial charge in [0.15, 0.2) is 5.82 Å². The van der Waals surface area contributed by atoms with Crippen LogP contribution < -0.4 is 4.90 Å². The number of hydrogen-bond donors (Lipinski definition) is 1. The zero-order valence-electron chi connectivity index (χ0n) is 11.1. The van der Waals surface area contributed by atoms with Gasteiger partial charge in [-0.05, 0) is 30.3 Å². The summed E-state index contributed by atoms with van der Waals surface area (Å²) < 4.78 is 26.8. The summed E-state index contributed by atoms with van der Waals surface area (Å²) in [7, 11) is 3.91. The van der Waals surface area contributed by atoms with E-state index in [4.69, 9.17) is 0 Å². The van der Waals surface area contributed by atoms with Crippen LogP contribution in [-0.2, 0) is 0 Å². The molecule has 3 nitrogen and oxygen atoms in total. The third kappa shape index (κ3) is 2.11. The molecule has 0 amide bonds. The second-order valence-corrected chi connectivity index (χ2v) is 4.81. The highest BCUT2D eigenvalue weighted by molar-refractivity contribution is 5.80. The Labute approximate surface area is 114 Å². The van der Waals surface area contributed by atoms with E-state index in [2.05, 4.69) is 9.97 Å². The van der Waals surface area contributed by atoms with Crippen molar-refractivity contribution in [1.82, 2.24) is 9.97 Å². The number of imidazole rings is 1. The van der Waals surface area contributed by atoms with E-state index in [9.17, 15) is 8.78 Å². The maximum absolute atomic E-state index is 13.6. The quantitative estimate of drug-likeness (QED) is 0.774. The topological polar surface area (TPSA) is 31.9 Å².